The van der Waals surface area contributed by atoms with Crippen molar-refractivity contribution in [3.05, 3.63) is 0 Å². The largest absolute Gasteiger partial charge is 0.412 e. The molecule has 19 heavy (non-hydrogen) atoms. The molecule has 0 heterocycles. The molecule has 0 saturated heterocycles. The maximum atomic E-state index is 9.12. The fraction of sp³-hybridized carbons (Fsp3) is 1.00. The Bertz CT molecular complexity index is 332. The lowest BCUT2D eigenvalue weighted by molar-refractivity contribution is 0.381. The molecule has 0 rings (SSSR count). The summed E-state index contributed by atoms with van der Waals surface area (Å²) in [6, 6.07) is 0. The first-order valence-electron chi connectivity index (χ1n) is 5.43. The Labute approximate surface area is 123 Å². The molecule has 0 aromatic heterocycles. The van der Waals surface area contributed by atoms with Gasteiger partial charge in [0.05, 0.1) is 0 Å². The molecule has 0 aromatic rings. The molecule has 0 bridgehead atoms. The zero-order chi connectivity index (χ0) is 14.8. The van der Waals surface area contributed by atoms with Crippen LogP contribution in [0.4, 0.5) is 0 Å². The molecule has 1 unspecified atom stereocenters. The second kappa shape index (κ2) is 12.5. The van der Waals surface area contributed by atoms with Gasteiger partial charge in [-0.05, 0) is 24.6 Å². The Morgan fingerprint density at radius 3 is 1.89 bits per heavy atom. The van der Waals surface area contributed by atoms with Crippen molar-refractivity contribution < 1.29 is 32.8 Å². The zero-order valence-corrected chi connectivity index (χ0v) is 14.2. The Morgan fingerprint density at radius 2 is 1.63 bits per heavy atom. The van der Waals surface area contributed by atoms with E-state index >= 15 is 0 Å². The van der Waals surface area contributed by atoms with Crippen LogP contribution in [-0.4, -0.2) is 38.0 Å². The minimum Gasteiger partial charge on any atom is -0.412 e. The van der Waals surface area contributed by atoms with Crippen LogP contribution in [0.1, 0.15) is 46.0 Å². The van der Waals surface area contributed by atoms with Gasteiger partial charge in [-0.1, -0.05) is 44.5 Å². The van der Waals surface area contributed by atoms with Gasteiger partial charge in [0.2, 0.25) is 5.69 Å². The van der Waals surface area contributed by atoms with Crippen LogP contribution in [0.2, 0.25) is 0 Å². The molecule has 0 aliphatic heterocycles. The van der Waals surface area contributed by atoms with Crippen LogP contribution in [0.15, 0.2) is 0 Å². The van der Waals surface area contributed by atoms with E-state index in [9.17, 15) is 0 Å². The van der Waals surface area contributed by atoms with Gasteiger partial charge in [0, 0.05) is 5.25 Å². The van der Waals surface area contributed by atoms with Gasteiger partial charge in [0.25, 0.3) is 0 Å². The third kappa shape index (κ3) is 32.4. The summed E-state index contributed by atoms with van der Waals surface area (Å²) in [4.78, 5) is 18.2. The first-order chi connectivity index (χ1) is 7.99. The molecule has 0 aliphatic carbocycles. The van der Waals surface area contributed by atoms with Crippen LogP contribution >= 0.6 is 17.1 Å². The second-order valence-electron chi connectivity index (χ2n) is 3.57. The highest BCUT2D eigenvalue weighted by atomic mass is 32.9. The van der Waals surface area contributed by atoms with E-state index in [1.807, 2.05) is 0 Å². The predicted molar refractivity (Wildman–Crippen MR) is 82.3 cm³/mol. The van der Waals surface area contributed by atoms with Crippen molar-refractivity contribution >= 4 is 39.3 Å². The molecule has 6 N–H and O–H groups in total. The Balaban J connectivity index is -0.000000366. The molecule has 11 heteroatoms. The Morgan fingerprint density at radius 1 is 1.21 bits per heavy atom. The van der Waals surface area contributed by atoms with Crippen molar-refractivity contribution in [2.24, 2.45) is 0 Å². The second-order valence-corrected chi connectivity index (χ2v) is 10.7. The smallest absolute Gasteiger partial charge is 0.394 e. The van der Waals surface area contributed by atoms with Crippen LogP contribution in [0.3, 0.4) is 0 Å². The van der Waals surface area contributed by atoms with E-state index in [1.165, 1.54) is 24.2 Å². The minimum atomic E-state index is -4.67. The van der Waals surface area contributed by atoms with Crippen LogP contribution in [0.25, 0.3) is 0 Å². The summed E-state index contributed by atoms with van der Waals surface area (Å²) in [6.07, 6.45) is 5.60. The summed E-state index contributed by atoms with van der Waals surface area (Å²) >= 11 is 5.78. The lowest BCUT2D eigenvalue weighted by atomic mass is 10.1. The summed E-state index contributed by atoms with van der Waals surface area (Å²) < 4.78 is 31.6. The van der Waals surface area contributed by atoms with Gasteiger partial charge in [-0.3, -0.25) is 9.11 Å². The van der Waals surface area contributed by atoms with Gasteiger partial charge in [0.15, 0.2) is 0 Å². The highest BCUT2D eigenvalue weighted by Crippen LogP contribution is 2.54. The van der Waals surface area contributed by atoms with E-state index in [0.29, 0.717) is 5.25 Å². The summed E-state index contributed by atoms with van der Waals surface area (Å²) in [6.45, 7) is 4.23. The average Bonchev–Trinajstić information content (AvgIpc) is 2.12. The van der Waals surface area contributed by atoms with Crippen LogP contribution in [0, 0.1) is 0 Å². The molecule has 0 amide bonds. The number of unbranched alkanes of at least 4 members (excludes halogenated alkanes) is 2. The number of hydrogen-bond donors (Lipinski definition) is 4. The molecular formula is C8H23O7PS3. The highest BCUT2D eigenvalue weighted by molar-refractivity contribution is 8.67. The van der Waals surface area contributed by atoms with E-state index in [-0.39, 0.29) is 5.48 Å². The lowest BCUT2D eigenvalue weighted by Crippen LogP contribution is -2.00. The topological polar surface area (TPSA) is 147 Å². The van der Waals surface area contributed by atoms with E-state index < -0.39 is 16.1 Å². The van der Waals surface area contributed by atoms with Crippen LogP contribution in [-0.2, 0) is 22.2 Å². The molecule has 0 aromatic carbocycles. The predicted octanol–water partition coefficient (Wildman–Crippen LogP) is 1.81. The standard InChI is InChI=1S/C8H19O2PS2.H2O4S.H2O/c1-3-5-6-7-8(4-2)13-11(9,10)12;1-5(2,3)4;/h8H,3-7H2,1-2H3,(H2,9,10,12);(H2,1,2,3,4);1H2. The molecule has 0 radical (unpaired) electrons. The zero-order valence-electron chi connectivity index (χ0n) is 10.9. The van der Waals surface area contributed by atoms with Crippen molar-refractivity contribution in [2.45, 2.75) is 51.2 Å². The quantitative estimate of drug-likeness (QED) is 0.306. The molecule has 7 nitrogen and oxygen atoms in total. The van der Waals surface area contributed by atoms with Crippen LogP contribution in [0.5, 0.6) is 0 Å². The Kier molecular flexibility index (Phi) is 16.3. The fourth-order valence-electron chi connectivity index (χ4n) is 1.15. The molecular weight excluding hydrogens is 335 g/mol. The summed E-state index contributed by atoms with van der Waals surface area (Å²) in [5.74, 6) is 0. The van der Waals surface area contributed by atoms with Crippen LogP contribution < -0.4 is 0 Å². The van der Waals surface area contributed by atoms with E-state index in [0.717, 1.165) is 19.3 Å². The van der Waals surface area contributed by atoms with Gasteiger partial charge in [-0.2, -0.15) is 8.42 Å². The molecule has 0 fully saturated rings. The summed E-state index contributed by atoms with van der Waals surface area (Å²) in [7, 11) is -4.67. The van der Waals surface area contributed by atoms with Crippen molar-refractivity contribution in [3.8, 4) is 0 Å². The van der Waals surface area contributed by atoms with E-state index in [1.54, 1.807) is 0 Å². The summed E-state index contributed by atoms with van der Waals surface area (Å²) in [5.41, 5.74) is -3.04. The SMILES string of the molecule is CCCCCC(CC)SP(O)(O)=S.O.O=S(=O)(O)O. The maximum absolute atomic E-state index is 9.12. The van der Waals surface area contributed by atoms with Crippen molar-refractivity contribution in [2.75, 3.05) is 0 Å². The fourth-order valence-corrected chi connectivity index (χ4v) is 4.98. The Hall–Kier alpha value is 0.750. The lowest BCUT2D eigenvalue weighted by Gasteiger charge is -2.16. The van der Waals surface area contributed by atoms with Gasteiger partial charge in [-0.15, -0.1) is 0 Å². The van der Waals surface area contributed by atoms with E-state index in [4.69, 9.17) is 27.3 Å². The molecule has 0 saturated carbocycles. The molecule has 0 spiro atoms. The molecule has 120 valence electrons. The van der Waals surface area contributed by atoms with Crippen molar-refractivity contribution in [1.82, 2.24) is 0 Å². The van der Waals surface area contributed by atoms with Gasteiger partial charge < -0.3 is 15.3 Å². The van der Waals surface area contributed by atoms with Gasteiger partial charge >= 0.3 is 10.4 Å². The molecule has 0 aliphatic rings. The minimum absolute atomic E-state index is 0. The van der Waals surface area contributed by atoms with Crippen molar-refractivity contribution in [1.29, 1.82) is 0 Å². The third-order valence-corrected chi connectivity index (χ3v) is 5.51. The van der Waals surface area contributed by atoms with Crippen molar-refractivity contribution in [3.63, 3.8) is 0 Å². The van der Waals surface area contributed by atoms with Gasteiger partial charge in [0.1, 0.15) is 0 Å². The maximum Gasteiger partial charge on any atom is 0.394 e. The normalized spacial score (nSPS) is 12.9. The first kappa shape index (κ1) is 24.7. The van der Waals surface area contributed by atoms with E-state index in [2.05, 4.69) is 25.7 Å². The molecule has 1 atom stereocenters. The summed E-state index contributed by atoms with van der Waals surface area (Å²) in [5, 5.41) is 0.326. The number of rotatable bonds is 7. The van der Waals surface area contributed by atoms with Gasteiger partial charge in [-0.25, -0.2) is 0 Å². The first-order valence-corrected chi connectivity index (χ1v) is 11.0. The third-order valence-electron chi connectivity index (χ3n) is 1.87. The average molecular weight is 358 g/mol. The number of hydrogen-bond acceptors (Lipinski definition) is 4. The monoisotopic (exact) mass is 358 g/mol. The highest BCUT2D eigenvalue weighted by Gasteiger charge is 2.16.